The van der Waals surface area contributed by atoms with Crippen LogP contribution in [0.2, 0.25) is 5.02 Å². The molecular weight excluding hydrogens is 276 g/mol. The summed E-state index contributed by atoms with van der Waals surface area (Å²) in [4.78, 5) is 0.695. The van der Waals surface area contributed by atoms with E-state index in [0.29, 0.717) is 15.5 Å². The minimum atomic E-state index is 0.516. The molecule has 4 heteroatoms. The van der Waals surface area contributed by atoms with E-state index in [1.807, 2.05) is 19.9 Å². The van der Waals surface area contributed by atoms with E-state index in [9.17, 15) is 0 Å². The lowest BCUT2D eigenvalue weighted by atomic mass is 10.0. The van der Waals surface area contributed by atoms with Crippen LogP contribution in [-0.4, -0.2) is 13.1 Å². The Bertz CT molecular complexity index is 396. The van der Waals surface area contributed by atoms with Gasteiger partial charge >= 0.3 is 0 Å². The summed E-state index contributed by atoms with van der Waals surface area (Å²) in [6.07, 6.45) is 2.75. The predicted molar refractivity (Wildman–Crippen MR) is 86.0 cm³/mol. The number of piperidine rings is 1. The van der Waals surface area contributed by atoms with Crippen LogP contribution in [-0.2, 0) is 0 Å². The third kappa shape index (κ3) is 8.15. The first-order valence-corrected chi connectivity index (χ1v) is 7.55. The summed E-state index contributed by atoms with van der Waals surface area (Å²) in [5.74, 6) is 0.973. The number of halogens is 1. The number of nitrogens with zero attached hydrogens (tertiary/aromatic N) is 1. The van der Waals surface area contributed by atoms with Crippen LogP contribution in [0, 0.1) is 17.2 Å². The van der Waals surface area contributed by atoms with E-state index in [4.69, 9.17) is 16.9 Å². The second-order valence-corrected chi connectivity index (χ2v) is 5.10. The van der Waals surface area contributed by atoms with E-state index in [2.05, 4.69) is 24.9 Å². The maximum atomic E-state index is 8.42. The van der Waals surface area contributed by atoms with E-state index in [-0.39, 0.29) is 0 Å². The van der Waals surface area contributed by atoms with Crippen LogP contribution in [0.1, 0.15) is 39.2 Å². The highest BCUT2D eigenvalue weighted by Gasteiger charge is 2.05. The van der Waals surface area contributed by atoms with Crippen LogP contribution in [0.5, 0.6) is 0 Å². The predicted octanol–water partition coefficient (Wildman–Crippen LogP) is 4.53. The molecule has 2 rings (SSSR count). The Morgan fingerprint density at radius 2 is 1.89 bits per heavy atom. The number of benzene rings is 1. The molecule has 0 spiro atoms. The molecule has 0 bridgehead atoms. The van der Waals surface area contributed by atoms with Crippen LogP contribution in [0.4, 0.5) is 0 Å². The second kappa shape index (κ2) is 11.2. The number of nitrogens with one attached hydrogen (secondary N) is 1. The van der Waals surface area contributed by atoms with Gasteiger partial charge in [-0.1, -0.05) is 32.4 Å². The van der Waals surface area contributed by atoms with Gasteiger partial charge in [0.2, 0.25) is 0 Å². The Morgan fingerprint density at radius 3 is 2.26 bits per heavy atom. The van der Waals surface area contributed by atoms with Gasteiger partial charge in [-0.25, -0.2) is 0 Å². The average molecular weight is 299 g/mol. The van der Waals surface area contributed by atoms with Crippen LogP contribution in [0.3, 0.4) is 0 Å². The van der Waals surface area contributed by atoms with Crippen LogP contribution >= 0.6 is 24.2 Å². The Hall–Kier alpha value is -0.690. The lowest BCUT2D eigenvalue weighted by molar-refractivity contribution is 0.402. The Kier molecular flexibility index (Phi) is 10.8. The molecule has 1 aromatic rings. The largest absolute Gasteiger partial charge is 0.317 e. The average Bonchev–Trinajstić information content (AvgIpc) is 2.46. The Balaban J connectivity index is 0.000000316. The highest BCUT2D eigenvalue weighted by molar-refractivity contribution is 7.80. The highest BCUT2D eigenvalue weighted by atomic mass is 35.5. The number of nitriles is 1. The molecule has 1 heterocycles. The van der Waals surface area contributed by atoms with Gasteiger partial charge in [0.05, 0.1) is 16.7 Å². The zero-order valence-corrected chi connectivity index (χ0v) is 13.6. The standard InChI is InChI=1S/C7H4ClNS.C6H13N.C2H6/c8-6-3-5(4-9)1-2-7(6)10;1-6-2-4-7-5-3-6;1-2/h1-3,10H;6-7H,2-5H2,1H3;1-2H3. The molecule has 19 heavy (non-hydrogen) atoms. The number of hydrogen-bond acceptors (Lipinski definition) is 3. The van der Waals surface area contributed by atoms with Crippen molar-refractivity contribution in [2.24, 2.45) is 5.92 Å². The fourth-order valence-corrected chi connectivity index (χ4v) is 1.86. The Labute approximate surface area is 127 Å². The first kappa shape index (κ1) is 18.3. The summed E-state index contributed by atoms with van der Waals surface area (Å²) >= 11 is 9.71. The van der Waals surface area contributed by atoms with E-state index < -0.39 is 0 Å². The molecule has 1 fully saturated rings. The molecule has 1 aromatic carbocycles. The molecule has 106 valence electrons. The summed E-state index contributed by atoms with van der Waals surface area (Å²) in [7, 11) is 0. The summed E-state index contributed by atoms with van der Waals surface area (Å²) in [6, 6.07) is 6.94. The Morgan fingerprint density at radius 1 is 1.32 bits per heavy atom. The SMILES string of the molecule is CC.CC1CCNCC1.N#Cc1ccc(S)c(Cl)c1. The summed E-state index contributed by atoms with van der Waals surface area (Å²) < 4.78 is 0. The molecule has 1 aliphatic rings. The van der Waals surface area contributed by atoms with Crippen LogP contribution < -0.4 is 5.32 Å². The summed E-state index contributed by atoms with van der Waals surface area (Å²) in [5, 5.41) is 12.3. The molecule has 1 aliphatic heterocycles. The zero-order valence-electron chi connectivity index (χ0n) is 11.9. The minimum Gasteiger partial charge on any atom is -0.317 e. The molecule has 1 saturated heterocycles. The third-order valence-electron chi connectivity index (χ3n) is 2.70. The van der Waals surface area contributed by atoms with Gasteiger partial charge in [0, 0.05) is 4.90 Å². The van der Waals surface area contributed by atoms with Gasteiger partial charge in [0.15, 0.2) is 0 Å². The fraction of sp³-hybridized carbons (Fsp3) is 0.533. The van der Waals surface area contributed by atoms with Gasteiger partial charge in [-0.2, -0.15) is 5.26 Å². The van der Waals surface area contributed by atoms with Crippen molar-refractivity contribution in [2.75, 3.05) is 13.1 Å². The van der Waals surface area contributed by atoms with Gasteiger partial charge in [-0.05, 0) is 50.0 Å². The monoisotopic (exact) mass is 298 g/mol. The van der Waals surface area contributed by atoms with Gasteiger partial charge in [0.1, 0.15) is 0 Å². The summed E-state index contributed by atoms with van der Waals surface area (Å²) in [6.45, 7) is 8.79. The number of thiol groups is 1. The first-order valence-electron chi connectivity index (χ1n) is 6.73. The zero-order chi connectivity index (χ0) is 14.7. The van der Waals surface area contributed by atoms with Gasteiger partial charge in [-0.15, -0.1) is 12.6 Å². The van der Waals surface area contributed by atoms with Gasteiger partial charge < -0.3 is 5.32 Å². The van der Waals surface area contributed by atoms with Crippen molar-refractivity contribution in [3.63, 3.8) is 0 Å². The lowest BCUT2D eigenvalue weighted by Gasteiger charge is -2.17. The normalized spacial score (nSPS) is 14.3. The minimum absolute atomic E-state index is 0.516. The van der Waals surface area contributed by atoms with E-state index in [0.717, 1.165) is 5.92 Å². The number of hydrogen-bond donors (Lipinski definition) is 2. The molecule has 2 nitrogen and oxygen atoms in total. The van der Waals surface area contributed by atoms with Crippen molar-refractivity contribution >= 4 is 24.2 Å². The molecule has 0 aliphatic carbocycles. The van der Waals surface area contributed by atoms with Crippen LogP contribution in [0.15, 0.2) is 23.1 Å². The maximum absolute atomic E-state index is 8.42. The maximum Gasteiger partial charge on any atom is 0.0992 e. The molecule has 0 atom stereocenters. The van der Waals surface area contributed by atoms with Crippen molar-refractivity contribution in [1.82, 2.24) is 5.32 Å². The molecule has 0 aromatic heterocycles. The topological polar surface area (TPSA) is 35.8 Å². The van der Waals surface area contributed by atoms with Crippen molar-refractivity contribution in [2.45, 2.75) is 38.5 Å². The molecule has 0 saturated carbocycles. The smallest absolute Gasteiger partial charge is 0.0992 e. The molecule has 0 radical (unpaired) electrons. The highest BCUT2D eigenvalue weighted by Crippen LogP contribution is 2.20. The van der Waals surface area contributed by atoms with Crippen molar-refractivity contribution in [3.8, 4) is 6.07 Å². The molecule has 0 amide bonds. The summed E-state index contributed by atoms with van der Waals surface area (Å²) in [5.41, 5.74) is 0.558. The quantitative estimate of drug-likeness (QED) is 0.690. The van der Waals surface area contributed by atoms with Crippen molar-refractivity contribution in [1.29, 1.82) is 5.26 Å². The lowest BCUT2D eigenvalue weighted by Crippen LogP contribution is -2.26. The third-order valence-corrected chi connectivity index (χ3v) is 3.54. The second-order valence-electron chi connectivity index (χ2n) is 4.21. The molecular formula is C15H23ClN2S. The fourth-order valence-electron chi connectivity index (χ4n) is 1.54. The van der Waals surface area contributed by atoms with Crippen molar-refractivity contribution < 1.29 is 0 Å². The van der Waals surface area contributed by atoms with E-state index >= 15 is 0 Å². The van der Waals surface area contributed by atoms with Crippen molar-refractivity contribution in [3.05, 3.63) is 28.8 Å². The van der Waals surface area contributed by atoms with E-state index in [1.54, 1.807) is 18.2 Å². The van der Waals surface area contributed by atoms with Crippen LogP contribution in [0.25, 0.3) is 0 Å². The van der Waals surface area contributed by atoms with E-state index in [1.165, 1.54) is 25.9 Å². The molecule has 0 unspecified atom stereocenters. The van der Waals surface area contributed by atoms with Gasteiger partial charge in [-0.3, -0.25) is 0 Å². The van der Waals surface area contributed by atoms with Gasteiger partial charge in [0.25, 0.3) is 0 Å². The number of rotatable bonds is 0. The molecule has 1 N–H and O–H groups in total. The first-order chi connectivity index (χ1) is 9.13.